The van der Waals surface area contributed by atoms with E-state index in [0.717, 1.165) is 5.92 Å². The van der Waals surface area contributed by atoms with Gasteiger partial charge in [-0.05, 0) is 31.1 Å². The van der Waals surface area contributed by atoms with E-state index in [4.69, 9.17) is 4.74 Å². The van der Waals surface area contributed by atoms with Gasteiger partial charge in [-0.2, -0.15) is 0 Å². The summed E-state index contributed by atoms with van der Waals surface area (Å²) in [4.78, 5) is 11.6. The molecule has 16 heavy (non-hydrogen) atoms. The first-order valence-electron chi connectivity index (χ1n) is 6.42. The standard InChI is InChI=1S/C13H25NO2/c1-5-10-6-7-11(8-10)14-12(9(2)3)13(15)16-4/h9-12,14H,5-8H2,1-4H3/t10?,11?,12-/m0/s1. The third-order valence-electron chi connectivity index (χ3n) is 3.66. The Morgan fingerprint density at radius 2 is 2.12 bits per heavy atom. The van der Waals surface area contributed by atoms with Crippen LogP contribution in [0.5, 0.6) is 0 Å². The van der Waals surface area contributed by atoms with Crippen molar-refractivity contribution in [2.75, 3.05) is 7.11 Å². The highest BCUT2D eigenvalue weighted by atomic mass is 16.5. The molecule has 0 aromatic heterocycles. The van der Waals surface area contributed by atoms with E-state index >= 15 is 0 Å². The summed E-state index contributed by atoms with van der Waals surface area (Å²) in [6.07, 6.45) is 4.94. The second-order valence-electron chi connectivity index (χ2n) is 5.20. The molecule has 0 spiro atoms. The molecule has 3 heteroatoms. The monoisotopic (exact) mass is 227 g/mol. The minimum Gasteiger partial charge on any atom is -0.468 e. The second kappa shape index (κ2) is 6.24. The van der Waals surface area contributed by atoms with Gasteiger partial charge in [-0.25, -0.2) is 0 Å². The van der Waals surface area contributed by atoms with Crippen LogP contribution in [0.4, 0.5) is 0 Å². The number of rotatable bonds is 5. The molecule has 1 N–H and O–H groups in total. The molecule has 0 saturated heterocycles. The summed E-state index contributed by atoms with van der Waals surface area (Å²) < 4.78 is 4.84. The van der Waals surface area contributed by atoms with Crippen LogP contribution in [-0.4, -0.2) is 25.2 Å². The predicted octanol–water partition coefficient (Wildman–Crippen LogP) is 2.35. The van der Waals surface area contributed by atoms with Crippen molar-refractivity contribution in [3.63, 3.8) is 0 Å². The normalized spacial score (nSPS) is 27.1. The summed E-state index contributed by atoms with van der Waals surface area (Å²) >= 11 is 0. The fraction of sp³-hybridized carbons (Fsp3) is 0.923. The van der Waals surface area contributed by atoms with Gasteiger partial charge in [0.25, 0.3) is 0 Å². The SMILES string of the molecule is CCC1CCC(N[C@H](C(=O)OC)C(C)C)C1. The van der Waals surface area contributed by atoms with Crippen molar-refractivity contribution in [1.82, 2.24) is 5.32 Å². The summed E-state index contributed by atoms with van der Waals surface area (Å²) in [5.41, 5.74) is 0. The molecule has 1 saturated carbocycles. The van der Waals surface area contributed by atoms with Crippen LogP contribution in [0.1, 0.15) is 46.5 Å². The van der Waals surface area contributed by atoms with Crippen molar-refractivity contribution in [1.29, 1.82) is 0 Å². The van der Waals surface area contributed by atoms with Crippen molar-refractivity contribution in [2.24, 2.45) is 11.8 Å². The van der Waals surface area contributed by atoms with E-state index in [0.29, 0.717) is 6.04 Å². The number of carbonyl (C=O) groups is 1. The first kappa shape index (κ1) is 13.5. The Labute approximate surface area is 98.9 Å². The number of hydrogen-bond donors (Lipinski definition) is 1. The van der Waals surface area contributed by atoms with Crippen LogP contribution in [0, 0.1) is 11.8 Å². The van der Waals surface area contributed by atoms with E-state index in [9.17, 15) is 4.79 Å². The van der Waals surface area contributed by atoms with Crippen molar-refractivity contribution in [3.8, 4) is 0 Å². The van der Waals surface area contributed by atoms with Gasteiger partial charge < -0.3 is 10.1 Å². The van der Waals surface area contributed by atoms with Gasteiger partial charge in [-0.3, -0.25) is 4.79 Å². The third-order valence-corrected chi connectivity index (χ3v) is 3.66. The average Bonchev–Trinajstić information content (AvgIpc) is 2.72. The first-order valence-corrected chi connectivity index (χ1v) is 6.42. The Bertz CT molecular complexity index is 228. The molecule has 3 nitrogen and oxygen atoms in total. The lowest BCUT2D eigenvalue weighted by Crippen LogP contribution is -2.46. The van der Waals surface area contributed by atoms with Crippen LogP contribution in [0.25, 0.3) is 0 Å². The van der Waals surface area contributed by atoms with Gasteiger partial charge in [0.05, 0.1) is 7.11 Å². The predicted molar refractivity (Wildman–Crippen MR) is 65.2 cm³/mol. The summed E-state index contributed by atoms with van der Waals surface area (Å²) in [5, 5.41) is 3.46. The number of nitrogens with one attached hydrogen (secondary N) is 1. The Balaban J connectivity index is 2.47. The molecule has 0 aromatic carbocycles. The first-order chi connectivity index (χ1) is 7.58. The molecule has 1 aliphatic carbocycles. The molecule has 94 valence electrons. The molecule has 0 radical (unpaired) electrons. The van der Waals surface area contributed by atoms with Crippen molar-refractivity contribution in [3.05, 3.63) is 0 Å². The molecule has 1 aliphatic rings. The zero-order valence-corrected chi connectivity index (χ0v) is 11.0. The molecular formula is C13H25NO2. The lowest BCUT2D eigenvalue weighted by molar-refractivity contribution is -0.144. The van der Waals surface area contributed by atoms with Gasteiger partial charge >= 0.3 is 5.97 Å². The van der Waals surface area contributed by atoms with Gasteiger partial charge in [0.2, 0.25) is 0 Å². The molecule has 0 aliphatic heterocycles. The quantitative estimate of drug-likeness (QED) is 0.733. The molecule has 0 aromatic rings. The van der Waals surface area contributed by atoms with Gasteiger partial charge in [-0.1, -0.05) is 27.2 Å². The fourth-order valence-electron chi connectivity index (χ4n) is 2.51. The van der Waals surface area contributed by atoms with Crippen LogP contribution >= 0.6 is 0 Å². The van der Waals surface area contributed by atoms with Crippen molar-refractivity contribution < 1.29 is 9.53 Å². The number of carbonyl (C=O) groups excluding carboxylic acids is 1. The Morgan fingerprint density at radius 1 is 1.44 bits per heavy atom. The topological polar surface area (TPSA) is 38.3 Å². The maximum absolute atomic E-state index is 11.6. The van der Waals surface area contributed by atoms with Gasteiger partial charge in [0.15, 0.2) is 0 Å². The van der Waals surface area contributed by atoms with Crippen LogP contribution in [0.15, 0.2) is 0 Å². The van der Waals surface area contributed by atoms with Gasteiger partial charge in [0.1, 0.15) is 6.04 Å². The molecule has 1 fully saturated rings. The number of hydrogen-bond acceptors (Lipinski definition) is 3. The highest BCUT2D eigenvalue weighted by molar-refractivity contribution is 5.75. The van der Waals surface area contributed by atoms with Gasteiger partial charge in [0, 0.05) is 6.04 Å². The smallest absolute Gasteiger partial charge is 0.323 e. The van der Waals surface area contributed by atoms with Crippen LogP contribution in [0.2, 0.25) is 0 Å². The van der Waals surface area contributed by atoms with Crippen molar-refractivity contribution in [2.45, 2.75) is 58.5 Å². The van der Waals surface area contributed by atoms with E-state index in [2.05, 4.69) is 26.1 Å². The second-order valence-corrected chi connectivity index (χ2v) is 5.20. The molecule has 3 atom stereocenters. The Kier molecular flexibility index (Phi) is 5.26. The lowest BCUT2D eigenvalue weighted by Gasteiger charge is -2.24. The lowest BCUT2D eigenvalue weighted by atomic mass is 10.0. The third kappa shape index (κ3) is 3.48. The van der Waals surface area contributed by atoms with E-state index < -0.39 is 0 Å². The zero-order valence-electron chi connectivity index (χ0n) is 11.0. The number of esters is 1. The van der Waals surface area contributed by atoms with Gasteiger partial charge in [-0.15, -0.1) is 0 Å². The van der Waals surface area contributed by atoms with E-state index in [-0.39, 0.29) is 17.9 Å². The maximum atomic E-state index is 11.6. The van der Waals surface area contributed by atoms with E-state index in [1.807, 2.05) is 0 Å². The highest BCUT2D eigenvalue weighted by Gasteiger charge is 2.30. The maximum Gasteiger partial charge on any atom is 0.323 e. The average molecular weight is 227 g/mol. The van der Waals surface area contributed by atoms with E-state index in [1.54, 1.807) is 0 Å². The summed E-state index contributed by atoms with van der Waals surface area (Å²) in [7, 11) is 1.46. The summed E-state index contributed by atoms with van der Waals surface area (Å²) in [5.74, 6) is 0.992. The number of methoxy groups -OCH3 is 1. The highest BCUT2D eigenvalue weighted by Crippen LogP contribution is 2.28. The zero-order chi connectivity index (χ0) is 12.1. The van der Waals surface area contributed by atoms with Crippen LogP contribution in [-0.2, 0) is 9.53 Å². The van der Waals surface area contributed by atoms with Crippen molar-refractivity contribution >= 4 is 5.97 Å². The Morgan fingerprint density at radius 3 is 2.56 bits per heavy atom. The van der Waals surface area contributed by atoms with Crippen LogP contribution in [0.3, 0.4) is 0 Å². The molecule has 2 unspecified atom stereocenters. The van der Waals surface area contributed by atoms with E-state index in [1.165, 1.54) is 32.8 Å². The summed E-state index contributed by atoms with van der Waals surface area (Å²) in [6, 6.07) is 0.349. The molecule has 0 amide bonds. The molecular weight excluding hydrogens is 202 g/mol. The molecule has 0 bridgehead atoms. The molecule has 1 rings (SSSR count). The minimum absolute atomic E-state index is 0.130. The molecule has 0 heterocycles. The minimum atomic E-state index is -0.148. The number of ether oxygens (including phenoxy) is 1. The summed E-state index contributed by atoms with van der Waals surface area (Å²) in [6.45, 7) is 6.36. The fourth-order valence-corrected chi connectivity index (χ4v) is 2.51. The Hall–Kier alpha value is -0.570. The largest absolute Gasteiger partial charge is 0.468 e. The van der Waals surface area contributed by atoms with Crippen LogP contribution < -0.4 is 5.32 Å².